The van der Waals surface area contributed by atoms with Crippen LogP contribution in [0.4, 0.5) is 69.7 Å². The minimum absolute atomic E-state index is 0.295. The number of alkyl halides is 12. The molecule has 0 saturated carbocycles. The molecule has 0 aromatic heterocycles. The average molecular weight is 625 g/mol. The SMILES string of the molecule is Nc1cc(C(C(F)(F)F)C(F)(F)F)ccc1O.Nc1ccc(C(c2ccc(N)c(O)c2)(C(F)(F)F)C(F)(F)F)cc1O. The summed E-state index contributed by atoms with van der Waals surface area (Å²) < 4.78 is 156. The number of benzene rings is 3. The molecule has 9 N–H and O–H groups in total. The van der Waals surface area contributed by atoms with Gasteiger partial charge in [0.2, 0.25) is 5.41 Å². The Morgan fingerprint density at radius 2 is 0.857 bits per heavy atom. The molecule has 0 saturated heterocycles. The smallest absolute Gasteiger partial charge is 0.411 e. The molecule has 0 aliphatic heterocycles. The van der Waals surface area contributed by atoms with Crippen molar-refractivity contribution in [3.63, 3.8) is 0 Å². The molecule has 0 radical (unpaired) electrons. The summed E-state index contributed by atoms with van der Waals surface area (Å²) in [6, 6.07) is 4.77. The van der Waals surface area contributed by atoms with Gasteiger partial charge in [-0.25, -0.2) is 0 Å². The van der Waals surface area contributed by atoms with Gasteiger partial charge in [0.25, 0.3) is 0 Å². The largest absolute Gasteiger partial charge is 0.506 e. The molecule has 3 aromatic rings. The molecular weight excluding hydrogens is 606 g/mol. The fourth-order valence-electron chi connectivity index (χ4n) is 3.85. The van der Waals surface area contributed by atoms with Crippen LogP contribution >= 0.6 is 0 Å². The van der Waals surface area contributed by atoms with Gasteiger partial charge in [0.05, 0.1) is 17.1 Å². The average Bonchev–Trinajstić information content (AvgIpc) is 2.78. The lowest BCUT2D eigenvalue weighted by Gasteiger charge is -2.38. The van der Waals surface area contributed by atoms with Crippen LogP contribution in [-0.4, -0.2) is 40.0 Å². The molecule has 42 heavy (non-hydrogen) atoms. The van der Waals surface area contributed by atoms with Crippen LogP contribution in [0.15, 0.2) is 54.6 Å². The lowest BCUT2D eigenvalue weighted by Crippen LogP contribution is -2.54. The lowest BCUT2D eigenvalue weighted by molar-refractivity contribution is -0.288. The van der Waals surface area contributed by atoms with E-state index in [1.165, 1.54) is 0 Å². The van der Waals surface area contributed by atoms with E-state index in [0.29, 0.717) is 42.5 Å². The number of phenolic OH excluding ortho intramolecular Hbond substituents is 3. The van der Waals surface area contributed by atoms with Crippen LogP contribution in [0.2, 0.25) is 0 Å². The van der Waals surface area contributed by atoms with Crippen LogP contribution in [0.5, 0.6) is 17.2 Å². The van der Waals surface area contributed by atoms with E-state index >= 15 is 0 Å². The molecule has 0 aliphatic carbocycles. The number of nitrogens with two attached hydrogens (primary N) is 3. The highest BCUT2D eigenvalue weighted by atomic mass is 19.4. The lowest BCUT2D eigenvalue weighted by atomic mass is 9.72. The van der Waals surface area contributed by atoms with E-state index < -0.39 is 75.7 Å². The van der Waals surface area contributed by atoms with Crippen molar-refractivity contribution in [2.24, 2.45) is 0 Å². The molecule has 3 aromatic carbocycles. The van der Waals surface area contributed by atoms with Gasteiger partial charge >= 0.3 is 24.7 Å². The van der Waals surface area contributed by atoms with Crippen molar-refractivity contribution >= 4 is 17.1 Å². The first-order valence-electron chi connectivity index (χ1n) is 10.9. The van der Waals surface area contributed by atoms with E-state index in [1.54, 1.807) is 0 Å². The number of rotatable bonds is 3. The Hall–Kier alpha value is -4.38. The predicted molar refractivity (Wildman–Crippen MR) is 125 cm³/mol. The van der Waals surface area contributed by atoms with Gasteiger partial charge in [-0.2, -0.15) is 52.7 Å². The van der Waals surface area contributed by atoms with E-state index in [0.717, 1.165) is 12.1 Å². The Labute approximate surface area is 227 Å². The maximum absolute atomic E-state index is 13.8. The molecule has 0 atom stereocenters. The monoisotopic (exact) mass is 625 g/mol. The van der Waals surface area contributed by atoms with Crippen molar-refractivity contribution in [3.05, 3.63) is 71.3 Å². The number of aromatic hydroxyl groups is 3. The predicted octanol–water partition coefficient (Wildman–Crippen LogP) is 6.86. The second-order valence-corrected chi connectivity index (χ2v) is 8.63. The Kier molecular flexibility index (Phi) is 8.96. The van der Waals surface area contributed by atoms with Crippen molar-refractivity contribution in [2.75, 3.05) is 17.2 Å². The Bertz CT molecular complexity index is 1340. The fourth-order valence-corrected chi connectivity index (χ4v) is 3.85. The number of nitrogen functional groups attached to an aromatic ring is 3. The summed E-state index contributed by atoms with van der Waals surface area (Å²) in [6.07, 6.45) is -22.6. The van der Waals surface area contributed by atoms with Crippen molar-refractivity contribution < 1.29 is 68.0 Å². The van der Waals surface area contributed by atoms with Gasteiger partial charge in [-0.3, -0.25) is 0 Å². The Morgan fingerprint density at radius 1 is 0.476 bits per heavy atom. The van der Waals surface area contributed by atoms with Crippen LogP contribution in [0, 0.1) is 0 Å². The van der Waals surface area contributed by atoms with E-state index in [1.807, 2.05) is 0 Å². The molecule has 0 aliphatic rings. The quantitative estimate of drug-likeness (QED) is 0.107. The van der Waals surface area contributed by atoms with Gasteiger partial charge in [-0.1, -0.05) is 18.2 Å². The normalized spacial score (nSPS) is 13.1. The summed E-state index contributed by atoms with van der Waals surface area (Å²) in [6.45, 7) is 0. The van der Waals surface area contributed by atoms with Crippen molar-refractivity contribution in [1.29, 1.82) is 0 Å². The van der Waals surface area contributed by atoms with Crippen molar-refractivity contribution in [1.82, 2.24) is 0 Å². The summed E-state index contributed by atoms with van der Waals surface area (Å²) in [5, 5.41) is 28.0. The number of anilines is 3. The van der Waals surface area contributed by atoms with Crippen molar-refractivity contribution in [2.45, 2.75) is 36.0 Å². The summed E-state index contributed by atoms with van der Waals surface area (Å²) in [7, 11) is 0. The van der Waals surface area contributed by atoms with Gasteiger partial charge in [0.1, 0.15) is 17.2 Å². The third kappa shape index (κ3) is 6.57. The summed E-state index contributed by atoms with van der Waals surface area (Å²) in [5.74, 6) is -6.06. The molecule has 0 unspecified atom stereocenters. The van der Waals surface area contributed by atoms with E-state index in [2.05, 4.69) is 0 Å². The molecule has 0 bridgehead atoms. The number of hydrogen-bond donors (Lipinski definition) is 6. The van der Waals surface area contributed by atoms with E-state index in [9.17, 15) is 62.9 Å². The topological polar surface area (TPSA) is 139 Å². The van der Waals surface area contributed by atoms with Gasteiger partial charge in [-0.15, -0.1) is 0 Å². The Morgan fingerprint density at radius 3 is 1.14 bits per heavy atom. The first-order valence-corrected chi connectivity index (χ1v) is 10.9. The minimum atomic E-state index is -5.85. The standard InChI is InChI=1S/C15H12F6N2O2.C9H7F6NO/c16-14(17,18)13(15(19,20)21,7-1-3-9(22)11(24)5-7)8-2-4-10(23)12(25)6-8;10-8(11,12)7(9(13,14)15)4-1-2-6(17)5(16)3-4/h1-6,24-25H,22-23H2;1-3,7,17H,16H2. The first kappa shape index (κ1) is 33.8. The van der Waals surface area contributed by atoms with E-state index in [-0.39, 0.29) is 11.4 Å². The third-order valence-corrected chi connectivity index (χ3v) is 5.82. The zero-order valence-corrected chi connectivity index (χ0v) is 20.4. The molecule has 232 valence electrons. The molecule has 6 nitrogen and oxygen atoms in total. The highest BCUT2D eigenvalue weighted by molar-refractivity contribution is 5.60. The molecule has 0 amide bonds. The molecule has 0 heterocycles. The van der Waals surface area contributed by atoms with Gasteiger partial charge < -0.3 is 32.5 Å². The molecular formula is C24H19F12N3O3. The van der Waals surface area contributed by atoms with Crippen LogP contribution < -0.4 is 17.2 Å². The van der Waals surface area contributed by atoms with E-state index in [4.69, 9.17) is 22.3 Å². The maximum Gasteiger partial charge on any atom is 0.411 e. The summed E-state index contributed by atoms with van der Waals surface area (Å²) in [5.41, 5.74) is 6.11. The molecule has 0 spiro atoms. The van der Waals surface area contributed by atoms with Gasteiger partial charge in [0, 0.05) is 0 Å². The molecule has 3 rings (SSSR count). The number of hydrogen-bond acceptors (Lipinski definition) is 6. The number of phenols is 3. The third-order valence-electron chi connectivity index (χ3n) is 5.82. The van der Waals surface area contributed by atoms with Gasteiger partial charge in [-0.05, 0) is 53.1 Å². The second-order valence-electron chi connectivity index (χ2n) is 8.63. The minimum Gasteiger partial charge on any atom is -0.506 e. The number of halogens is 12. The zero-order valence-electron chi connectivity index (χ0n) is 20.4. The Balaban J connectivity index is 0.000000317. The van der Waals surface area contributed by atoms with Crippen molar-refractivity contribution in [3.8, 4) is 17.2 Å². The second kappa shape index (κ2) is 11.1. The fraction of sp³-hybridized carbons (Fsp3) is 0.250. The van der Waals surface area contributed by atoms with Crippen LogP contribution in [0.3, 0.4) is 0 Å². The first-order chi connectivity index (χ1) is 18.9. The highest BCUT2D eigenvalue weighted by Crippen LogP contribution is 2.57. The maximum atomic E-state index is 13.8. The highest BCUT2D eigenvalue weighted by Gasteiger charge is 2.72. The molecule has 0 fully saturated rings. The van der Waals surface area contributed by atoms with Crippen LogP contribution in [-0.2, 0) is 5.41 Å². The molecule has 18 heteroatoms. The summed E-state index contributed by atoms with van der Waals surface area (Å²) >= 11 is 0. The zero-order chi connectivity index (χ0) is 32.6. The van der Waals surface area contributed by atoms with Crippen LogP contribution in [0.25, 0.3) is 0 Å². The van der Waals surface area contributed by atoms with Crippen LogP contribution in [0.1, 0.15) is 22.6 Å². The summed E-state index contributed by atoms with van der Waals surface area (Å²) in [4.78, 5) is 0. The van der Waals surface area contributed by atoms with Gasteiger partial charge in [0.15, 0.2) is 5.92 Å².